The maximum atomic E-state index is 13.8. The van der Waals surface area contributed by atoms with Gasteiger partial charge in [-0.1, -0.05) is 36.4 Å². The van der Waals surface area contributed by atoms with E-state index in [4.69, 9.17) is 0 Å². The summed E-state index contributed by atoms with van der Waals surface area (Å²) in [6.07, 6.45) is 0.672. The Morgan fingerprint density at radius 3 is 2.42 bits per heavy atom. The minimum atomic E-state index is -3.73. The number of anilines is 1. The summed E-state index contributed by atoms with van der Waals surface area (Å²) in [5.41, 5.74) is 4.32. The van der Waals surface area contributed by atoms with Crippen molar-refractivity contribution in [1.82, 2.24) is 4.31 Å². The van der Waals surface area contributed by atoms with Crippen LogP contribution in [-0.4, -0.2) is 44.1 Å². The highest BCUT2D eigenvalue weighted by Gasteiger charge is 2.50. The monoisotopic (exact) mass is 466 g/mol. The van der Waals surface area contributed by atoms with Crippen molar-refractivity contribution >= 4 is 15.7 Å². The number of benzene rings is 3. The molecule has 1 N–H and O–H groups in total. The number of hydrogen-bond acceptors (Lipinski definition) is 4. The summed E-state index contributed by atoms with van der Waals surface area (Å²) in [6, 6.07) is 18.8. The van der Waals surface area contributed by atoms with Crippen LogP contribution in [0.2, 0.25) is 0 Å². The molecule has 1 fully saturated rings. The van der Waals surface area contributed by atoms with Crippen LogP contribution in [0.25, 0.3) is 11.1 Å². The molecule has 5 nitrogen and oxygen atoms in total. The second-order valence-corrected chi connectivity index (χ2v) is 10.8. The second-order valence-electron chi connectivity index (χ2n) is 8.92. The van der Waals surface area contributed by atoms with E-state index in [-0.39, 0.29) is 30.4 Å². The fourth-order valence-corrected chi connectivity index (χ4v) is 7.37. The van der Waals surface area contributed by atoms with Crippen molar-refractivity contribution in [2.75, 3.05) is 25.1 Å². The number of hydrogen-bond donors (Lipinski definition) is 1. The first kappa shape index (κ1) is 22.1. The van der Waals surface area contributed by atoms with E-state index in [1.165, 1.54) is 12.1 Å². The van der Waals surface area contributed by atoms with Crippen LogP contribution in [0.15, 0.2) is 71.6 Å². The lowest BCUT2D eigenvalue weighted by Crippen LogP contribution is -2.48. The number of likely N-dealkylation sites (N-methyl/N-ethyl adjacent to an activating group) is 1. The molecule has 172 valence electrons. The molecular formula is C26H27FN2O3S. The van der Waals surface area contributed by atoms with Crippen LogP contribution in [0, 0.1) is 18.7 Å². The van der Waals surface area contributed by atoms with E-state index >= 15 is 0 Å². The highest BCUT2D eigenvalue weighted by atomic mass is 32.2. The molecule has 1 saturated heterocycles. The molecule has 3 aromatic carbocycles. The van der Waals surface area contributed by atoms with Crippen molar-refractivity contribution in [3.63, 3.8) is 0 Å². The average Bonchev–Trinajstić information content (AvgIpc) is 3.26. The van der Waals surface area contributed by atoms with Crippen molar-refractivity contribution < 1.29 is 17.9 Å². The first-order valence-corrected chi connectivity index (χ1v) is 12.6. The first-order chi connectivity index (χ1) is 15.8. The van der Waals surface area contributed by atoms with Crippen LogP contribution in [0.3, 0.4) is 0 Å². The third-order valence-electron chi connectivity index (χ3n) is 7.16. The Hall–Kier alpha value is -2.74. The lowest BCUT2D eigenvalue weighted by molar-refractivity contribution is 0.193. The quantitative estimate of drug-likeness (QED) is 0.621. The lowest BCUT2D eigenvalue weighted by Gasteiger charge is -2.44. The van der Waals surface area contributed by atoms with Gasteiger partial charge in [0.05, 0.1) is 23.6 Å². The molecule has 0 amide bonds. The normalized spacial score (nSPS) is 22.8. The summed E-state index contributed by atoms with van der Waals surface area (Å²) < 4.78 is 42.7. The molecule has 0 bridgehead atoms. The van der Waals surface area contributed by atoms with Gasteiger partial charge in [-0.25, -0.2) is 12.8 Å². The molecule has 2 aliphatic rings. The minimum absolute atomic E-state index is 0.0326. The van der Waals surface area contributed by atoms with E-state index in [1.807, 2.05) is 44.3 Å². The first-order valence-electron chi connectivity index (χ1n) is 11.1. The number of rotatable bonds is 4. The third-order valence-corrected chi connectivity index (χ3v) is 9.20. The number of nitrogens with zero attached hydrogens (tertiary/aromatic N) is 2. The predicted octanol–water partition coefficient (Wildman–Crippen LogP) is 4.36. The fourth-order valence-electron chi connectivity index (χ4n) is 5.48. The highest BCUT2D eigenvalue weighted by molar-refractivity contribution is 7.89. The van der Waals surface area contributed by atoms with Crippen LogP contribution in [0.5, 0.6) is 0 Å². The Morgan fingerprint density at radius 2 is 1.73 bits per heavy atom. The fraction of sp³-hybridized carbons (Fsp3) is 0.308. The van der Waals surface area contributed by atoms with Crippen LogP contribution < -0.4 is 4.90 Å². The number of aryl methyl sites for hydroxylation is 1. The molecule has 5 rings (SSSR count). The van der Waals surface area contributed by atoms with Gasteiger partial charge in [0, 0.05) is 25.2 Å². The molecule has 3 aromatic rings. The van der Waals surface area contributed by atoms with Crippen molar-refractivity contribution in [2.24, 2.45) is 5.92 Å². The summed E-state index contributed by atoms with van der Waals surface area (Å²) in [5.74, 6) is -0.330. The van der Waals surface area contributed by atoms with Gasteiger partial charge in [0.1, 0.15) is 5.82 Å². The van der Waals surface area contributed by atoms with E-state index in [0.717, 1.165) is 22.4 Å². The highest BCUT2D eigenvalue weighted by Crippen LogP contribution is 2.51. The molecule has 7 heteroatoms. The molecule has 2 heterocycles. The van der Waals surface area contributed by atoms with E-state index in [2.05, 4.69) is 4.90 Å². The van der Waals surface area contributed by atoms with E-state index in [1.54, 1.807) is 28.6 Å². The zero-order chi connectivity index (χ0) is 23.3. The zero-order valence-electron chi connectivity index (χ0n) is 18.6. The molecule has 0 spiro atoms. The Kier molecular flexibility index (Phi) is 5.51. The molecular weight excluding hydrogens is 439 g/mol. The van der Waals surface area contributed by atoms with Crippen LogP contribution in [-0.2, 0) is 10.0 Å². The molecule has 3 atom stereocenters. The smallest absolute Gasteiger partial charge is 0.243 e. The standard InChI is InChI=1S/C26H27FN2O3S/c1-17-5-3-4-6-25(17)33(31,32)29-14-13-21-24(16-30)28(2)23-12-9-19(15-22(23)26(21)29)18-7-10-20(27)11-8-18/h3-12,15,21,24,26,30H,13-14,16H2,1-2H3/t21-,24-,26-/m1/s1. The van der Waals surface area contributed by atoms with E-state index < -0.39 is 10.0 Å². The number of halogens is 1. The summed E-state index contributed by atoms with van der Waals surface area (Å²) >= 11 is 0. The van der Waals surface area contributed by atoms with Gasteiger partial charge in [-0.3, -0.25) is 0 Å². The van der Waals surface area contributed by atoms with Crippen LogP contribution >= 0.6 is 0 Å². The van der Waals surface area contributed by atoms with Crippen molar-refractivity contribution in [3.05, 3.63) is 83.7 Å². The van der Waals surface area contributed by atoms with Crippen LogP contribution in [0.4, 0.5) is 10.1 Å². The predicted molar refractivity (Wildman–Crippen MR) is 127 cm³/mol. The molecule has 0 aliphatic carbocycles. The maximum Gasteiger partial charge on any atom is 0.243 e. The Labute approximate surface area is 194 Å². The largest absolute Gasteiger partial charge is 0.394 e. The number of fused-ring (bicyclic) bond motifs is 3. The van der Waals surface area contributed by atoms with Crippen molar-refractivity contribution in [2.45, 2.75) is 30.3 Å². The van der Waals surface area contributed by atoms with Crippen molar-refractivity contribution in [3.8, 4) is 11.1 Å². The summed E-state index contributed by atoms with van der Waals surface area (Å²) in [6.45, 7) is 2.16. The van der Waals surface area contributed by atoms with Gasteiger partial charge in [-0.05, 0) is 65.9 Å². The Balaban J connectivity index is 1.66. The van der Waals surface area contributed by atoms with Gasteiger partial charge in [0.2, 0.25) is 10.0 Å². The van der Waals surface area contributed by atoms with Gasteiger partial charge >= 0.3 is 0 Å². The molecule has 2 aliphatic heterocycles. The summed E-state index contributed by atoms with van der Waals surface area (Å²) in [5, 5.41) is 10.2. The average molecular weight is 467 g/mol. The van der Waals surface area contributed by atoms with Gasteiger partial charge in [0.25, 0.3) is 0 Å². The maximum absolute atomic E-state index is 13.8. The van der Waals surface area contributed by atoms with Crippen LogP contribution in [0.1, 0.15) is 23.6 Å². The number of aliphatic hydroxyl groups excluding tert-OH is 1. The van der Waals surface area contributed by atoms with E-state index in [0.29, 0.717) is 23.4 Å². The van der Waals surface area contributed by atoms with Gasteiger partial charge in [-0.15, -0.1) is 0 Å². The number of sulfonamides is 1. The SMILES string of the molecule is Cc1ccccc1S(=O)(=O)N1CC[C@@H]2[C@@H](CO)N(C)c3ccc(-c4ccc(F)cc4)cc3[C@@H]21. The van der Waals surface area contributed by atoms with Gasteiger partial charge in [0.15, 0.2) is 0 Å². The van der Waals surface area contributed by atoms with Gasteiger partial charge in [-0.2, -0.15) is 4.31 Å². The number of aliphatic hydroxyl groups is 1. The molecule has 0 aromatic heterocycles. The Bertz CT molecular complexity index is 1290. The molecule has 0 unspecified atom stereocenters. The van der Waals surface area contributed by atoms with E-state index in [9.17, 15) is 17.9 Å². The second kappa shape index (κ2) is 8.24. The zero-order valence-corrected chi connectivity index (χ0v) is 19.5. The molecule has 0 radical (unpaired) electrons. The molecule has 0 saturated carbocycles. The minimum Gasteiger partial charge on any atom is -0.394 e. The lowest BCUT2D eigenvalue weighted by atomic mass is 9.81. The topological polar surface area (TPSA) is 60.9 Å². The summed E-state index contributed by atoms with van der Waals surface area (Å²) in [4.78, 5) is 2.39. The Morgan fingerprint density at radius 1 is 1.03 bits per heavy atom. The van der Waals surface area contributed by atoms with Crippen molar-refractivity contribution in [1.29, 1.82) is 0 Å². The third kappa shape index (κ3) is 3.55. The van der Waals surface area contributed by atoms with Gasteiger partial charge < -0.3 is 10.0 Å². The molecule has 33 heavy (non-hydrogen) atoms. The summed E-state index contributed by atoms with van der Waals surface area (Å²) in [7, 11) is -1.78.